The lowest BCUT2D eigenvalue weighted by atomic mass is 10.2. The summed E-state index contributed by atoms with van der Waals surface area (Å²) in [4.78, 5) is 11.4. The van der Waals surface area contributed by atoms with Crippen LogP contribution in [0.1, 0.15) is 26.3 Å². The molecule has 2 N–H and O–H groups in total. The predicted molar refractivity (Wildman–Crippen MR) is 65.7 cm³/mol. The highest BCUT2D eigenvalue weighted by Crippen LogP contribution is 2.14. The van der Waals surface area contributed by atoms with Gasteiger partial charge in [0.1, 0.15) is 11.4 Å². The van der Waals surface area contributed by atoms with E-state index >= 15 is 0 Å². The standard InChI is InChI=1S/C13H19NO3/c1-13(2,3)17-12(16)9-14-8-10-6-4-5-7-11(10)15/h4-7,14-15H,8-9H2,1-3H3. The van der Waals surface area contributed by atoms with Crippen molar-refractivity contribution in [3.63, 3.8) is 0 Å². The summed E-state index contributed by atoms with van der Waals surface area (Å²) in [6, 6.07) is 7.01. The highest BCUT2D eigenvalue weighted by atomic mass is 16.6. The fraction of sp³-hybridized carbons (Fsp3) is 0.462. The van der Waals surface area contributed by atoms with Crippen LogP contribution >= 0.6 is 0 Å². The zero-order valence-corrected chi connectivity index (χ0v) is 10.5. The van der Waals surface area contributed by atoms with Crippen molar-refractivity contribution in [3.8, 4) is 5.75 Å². The first-order chi connectivity index (χ1) is 7.88. The van der Waals surface area contributed by atoms with E-state index in [0.717, 1.165) is 5.56 Å². The minimum absolute atomic E-state index is 0.131. The molecule has 0 aliphatic carbocycles. The van der Waals surface area contributed by atoms with Crippen LogP contribution in [-0.2, 0) is 16.1 Å². The molecule has 94 valence electrons. The van der Waals surface area contributed by atoms with E-state index in [-0.39, 0.29) is 18.3 Å². The first kappa shape index (κ1) is 13.5. The Balaban J connectivity index is 2.34. The Morgan fingerprint density at radius 2 is 2.00 bits per heavy atom. The van der Waals surface area contributed by atoms with Crippen LogP contribution in [0, 0.1) is 0 Å². The molecule has 0 bridgehead atoms. The van der Waals surface area contributed by atoms with Crippen LogP contribution in [-0.4, -0.2) is 23.2 Å². The van der Waals surface area contributed by atoms with Crippen LogP contribution in [0.4, 0.5) is 0 Å². The normalized spacial score (nSPS) is 11.2. The van der Waals surface area contributed by atoms with Gasteiger partial charge in [0.15, 0.2) is 0 Å². The second kappa shape index (κ2) is 5.68. The summed E-state index contributed by atoms with van der Waals surface area (Å²) in [5.41, 5.74) is 0.296. The van der Waals surface area contributed by atoms with E-state index < -0.39 is 5.60 Å². The van der Waals surface area contributed by atoms with Gasteiger partial charge >= 0.3 is 5.97 Å². The Kier molecular flexibility index (Phi) is 4.52. The van der Waals surface area contributed by atoms with Gasteiger partial charge in [0.25, 0.3) is 0 Å². The lowest BCUT2D eigenvalue weighted by Gasteiger charge is -2.19. The van der Waals surface area contributed by atoms with Gasteiger partial charge in [-0.15, -0.1) is 0 Å². The number of hydrogen-bond donors (Lipinski definition) is 2. The molecule has 0 aliphatic rings. The Labute approximate surface area is 102 Å². The fourth-order valence-electron chi connectivity index (χ4n) is 1.34. The van der Waals surface area contributed by atoms with Gasteiger partial charge in [-0.25, -0.2) is 0 Å². The zero-order chi connectivity index (χ0) is 12.9. The van der Waals surface area contributed by atoms with Crippen LogP contribution in [0.5, 0.6) is 5.75 Å². The summed E-state index contributed by atoms with van der Waals surface area (Å²) < 4.78 is 5.14. The van der Waals surface area contributed by atoms with Crippen LogP contribution < -0.4 is 5.32 Å². The van der Waals surface area contributed by atoms with Crippen molar-refractivity contribution in [3.05, 3.63) is 29.8 Å². The molecule has 0 saturated carbocycles. The predicted octanol–water partition coefficient (Wildman–Crippen LogP) is 1.82. The summed E-state index contributed by atoms with van der Waals surface area (Å²) in [6.07, 6.45) is 0. The minimum atomic E-state index is -0.465. The van der Waals surface area contributed by atoms with Crippen LogP contribution in [0.25, 0.3) is 0 Å². The number of carbonyl (C=O) groups excluding carboxylic acids is 1. The van der Waals surface area contributed by atoms with Crippen molar-refractivity contribution in [1.82, 2.24) is 5.32 Å². The number of phenolic OH excluding ortho intramolecular Hbond substituents is 1. The molecule has 0 aromatic heterocycles. The van der Waals surface area contributed by atoms with E-state index in [1.54, 1.807) is 18.2 Å². The average molecular weight is 237 g/mol. The van der Waals surface area contributed by atoms with E-state index in [1.807, 2.05) is 26.8 Å². The Morgan fingerprint density at radius 3 is 2.59 bits per heavy atom. The average Bonchev–Trinajstić information content (AvgIpc) is 2.18. The first-order valence-corrected chi connectivity index (χ1v) is 5.58. The number of ether oxygens (including phenoxy) is 1. The molecule has 1 aromatic rings. The minimum Gasteiger partial charge on any atom is -0.508 e. The van der Waals surface area contributed by atoms with Crippen molar-refractivity contribution in [2.24, 2.45) is 0 Å². The van der Waals surface area contributed by atoms with Crippen molar-refractivity contribution >= 4 is 5.97 Å². The van der Waals surface area contributed by atoms with Gasteiger partial charge in [-0.05, 0) is 26.8 Å². The van der Waals surface area contributed by atoms with Crippen LogP contribution in [0.3, 0.4) is 0 Å². The quantitative estimate of drug-likeness (QED) is 0.784. The van der Waals surface area contributed by atoms with Crippen LogP contribution in [0.2, 0.25) is 0 Å². The highest BCUT2D eigenvalue weighted by Gasteiger charge is 2.15. The number of carbonyl (C=O) groups is 1. The first-order valence-electron chi connectivity index (χ1n) is 5.58. The van der Waals surface area contributed by atoms with Crippen molar-refractivity contribution in [2.75, 3.05) is 6.54 Å². The number of esters is 1. The Morgan fingerprint density at radius 1 is 1.35 bits per heavy atom. The van der Waals surface area contributed by atoms with Crippen molar-refractivity contribution < 1.29 is 14.6 Å². The van der Waals surface area contributed by atoms with Crippen LogP contribution in [0.15, 0.2) is 24.3 Å². The molecule has 0 amide bonds. The van der Waals surface area contributed by atoms with E-state index in [2.05, 4.69) is 5.32 Å². The van der Waals surface area contributed by atoms with E-state index in [4.69, 9.17) is 4.74 Å². The number of rotatable bonds is 4. The Bertz CT molecular complexity index is 382. The molecule has 0 unspecified atom stereocenters. The number of para-hydroxylation sites is 1. The molecule has 0 fully saturated rings. The maximum absolute atomic E-state index is 11.4. The molecule has 4 nitrogen and oxygen atoms in total. The molecule has 0 radical (unpaired) electrons. The summed E-state index contributed by atoms with van der Waals surface area (Å²) in [5.74, 6) is -0.0721. The van der Waals surface area contributed by atoms with Gasteiger partial charge in [-0.2, -0.15) is 0 Å². The number of aromatic hydroxyl groups is 1. The second-order valence-corrected chi connectivity index (χ2v) is 4.82. The molecule has 17 heavy (non-hydrogen) atoms. The maximum Gasteiger partial charge on any atom is 0.320 e. The molecule has 0 aliphatic heterocycles. The molecule has 4 heteroatoms. The van der Waals surface area contributed by atoms with E-state index in [0.29, 0.717) is 6.54 Å². The summed E-state index contributed by atoms with van der Waals surface area (Å²) >= 11 is 0. The van der Waals surface area contributed by atoms with Gasteiger partial charge in [0.05, 0.1) is 6.54 Å². The zero-order valence-electron chi connectivity index (χ0n) is 10.5. The van der Waals surface area contributed by atoms with E-state index in [9.17, 15) is 9.90 Å². The molecule has 0 spiro atoms. The van der Waals surface area contributed by atoms with E-state index in [1.165, 1.54) is 0 Å². The van der Waals surface area contributed by atoms with Crippen molar-refractivity contribution in [1.29, 1.82) is 0 Å². The van der Waals surface area contributed by atoms with Gasteiger partial charge < -0.3 is 15.2 Å². The Hall–Kier alpha value is -1.55. The van der Waals surface area contributed by atoms with Gasteiger partial charge in [-0.1, -0.05) is 18.2 Å². The summed E-state index contributed by atoms with van der Waals surface area (Å²) in [5, 5.41) is 12.4. The third-order valence-corrected chi connectivity index (χ3v) is 2.00. The topological polar surface area (TPSA) is 58.6 Å². The van der Waals surface area contributed by atoms with Gasteiger partial charge in [-0.3, -0.25) is 4.79 Å². The monoisotopic (exact) mass is 237 g/mol. The summed E-state index contributed by atoms with van der Waals surface area (Å²) in [6.45, 7) is 6.05. The molecule has 0 saturated heterocycles. The lowest BCUT2D eigenvalue weighted by Crippen LogP contribution is -2.31. The SMILES string of the molecule is CC(C)(C)OC(=O)CNCc1ccccc1O. The molecule has 0 atom stereocenters. The molecule has 1 aromatic carbocycles. The molecule has 0 heterocycles. The number of hydrogen-bond acceptors (Lipinski definition) is 4. The number of phenols is 1. The second-order valence-electron chi connectivity index (χ2n) is 4.82. The third kappa shape index (κ3) is 5.36. The van der Waals surface area contributed by atoms with Crippen molar-refractivity contribution in [2.45, 2.75) is 32.9 Å². The molecular weight excluding hydrogens is 218 g/mol. The highest BCUT2D eigenvalue weighted by molar-refractivity contribution is 5.72. The molecular formula is C13H19NO3. The fourth-order valence-corrected chi connectivity index (χ4v) is 1.34. The number of nitrogens with one attached hydrogen (secondary N) is 1. The number of benzene rings is 1. The third-order valence-electron chi connectivity index (χ3n) is 2.00. The smallest absolute Gasteiger partial charge is 0.320 e. The van der Waals surface area contributed by atoms with Gasteiger partial charge in [0.2, 0.25) is 0 Å². The largest absolute Gasteiger partial charge is 0.508 e. The molecule has 1 rings (SSSR count). The van der Waals surface area contributed by atoms with Gasteiger partial charge in [0, 0.05) is 12.1 Å². The maximum atomic E-state index is 11.4. The summed E-state index contributed by atoms with van der Waals surface area (Å²) in [7, 11) is 0. The lowest BCUT2D eigenvalue weighted by molar-refractivity contribution is -0.153.